The number of nitrogens with one attached hydrogen (secondary N) is 1. The molecule has 0 spiro atoms. The van der Waals surface area contributed by atoms with E-state index in [1.165, 1.54) is 17.0 Å². The fourth-order valence-corrected chi connectivity index (χ4v) is 2.33. The van der Waals surface area contributed by atoms with Crippen LogP contribution in [-0.4, -0.2) is 28.1 Å². The second kappa shape index (κ2) is 5.20. The van der Waals surface area contributed by atoms with Crippen LogP contribution in [0.15, 0.2) is 24.3 Å². The summed E-state index contributed by atoms with van der Waals surface area (Å²) in [5, 5.41) is 6.92. The molecule has 1 saturated carbocycles. The summed E-state index contributed by atoms with van der Waals surface area (Å²) < 4.78 is 12.9. The van der Waals surface area contributed by atoms with Gasteiger partial charge in [0.25, 0.3) is 5.91 Å². The maximum absolute atomic E-state index is 12.9. The Morgan fingerprint density at radius 2 is 2.10 bits per heavy atom. The van der Waals surface area contributed by atoms with Gasteiger partial charge in [0.15, 0.2) is 5.69 Å². The van der Waals surface area contributed by atoms with Gasteiger partial charge in [-0.05, 0) is 30.5 Å². The maximum Gasteiger partial charge on any atom is 0.276 e. The minimum atomic E-state index is -0.293. The number of hydrogen-bond acceptors (Lipinski definition) is 3. The molecule has 1 aromatic carbocycles. The van der Waals surface area contributed by atoms with Crippen LogP contribution in [0.2, 0.25) is 0 Å². The molecule has 6 heteroatoms. The predicted octanol–water partition coefficient (Wildman–Crippen LogP) is 2.28. The largest absolute Gasteiger partial charge is 0.395 e. The minimum Gasteiger partial charge on any atom is -0.395 e. The van der Waals surface area contributed by atoms with Crippen LogP contribution in [0.25, 0.3) is 0 Å². The van der Waals surface area contributed by atoms with Crippen molar-refractivity contribution in [2.75, 3.05) is 12.8 Å². The number of H-pyrrole nitrogens is 1. The van der Waals surface area contributed by atoms with Gasteiger partial charge in [-0.2, -0.15) is 5.10 Å². The quantitative estimate of drug-likeness (QED) is 0.906. The Morgan fingerprint density at radius 3 is 2.71 bits per heavy atom. The van der Waals surface area contributed by atoms with E-state index in [4.69, 9.17) is 5.73 Å². The zero-order valence-electron chi connectivity index (χ0n) is 11.8. The number of rotatable bonds is 4. The van der Waals surface area contributed by atoms with Gasteiger partial charge < -0.3 is 10.6 Å². The van der Waals surface area contributed by atoms with E-state index in [2.05, 4.69) is 10.2 Å². The molecule has 3 rings (SSSR count). The van der Waals surface area contributed by atoms with E-state index in [9.17, 15) is 9.18 Å². The first kappa shape index (κ1) is 13.6. The Bertz CT molecular complexity index is 661. The summed E-state index contributed by atoms with van der Waals surface area (Å²) in [6, 6.07) is 6.06. The monoisotopic (exact) mass is 288 g/mol. The highest BCUT2D eigenvalue weighted by molar-refractivity contribution is 5.97. The lowest BCUT2D eigenvalue weighted by atomic mass is 10.2. The second-order valence-electron chi connectivity index (χ2n) is 5.46. The predicted molar refractivity (Wildman–Crippen MR) is 77.2 cm³/mol. The number of carbonyl (C=O) groups is 1. The number of amides is 1. The Hall–Kier alpha value is -2.37. The normalized spacial score (nSPS) is 14.2. The van der Waals surface area contributed by atoms with Gasteiger partial charge in [-0.15, -0.1) is 0 Å². The summed E-state index contributed by atoms with van der Waals surface area (Å²) >= 11 is 0. The maximum atomic E-state index is 12.9. The number of carbonyl (C=O) groups excluding carboxylic acids is 1. The molecule has 3 N–H and O–H groups in total. The lowest BCUT2D eigenvalue weighted by Crippen LogP contribution is -2.27. The molecule has 0 bridgehead atoms. The number of nitrogens with two attached hydrogens (primary N) is 1. The lowest BCUT2D eigenvalue weighted by Gasteiger charge is -2.16. The summed E-state index contributed by atoms with van der Waals surface area (Å²) in [6.45, 7) is 0.379. The Balaban J connectivity index is 1.73. The highest BCUT2D eigenvalue weighted by Crippen LogP contribution is 2.42. The number of aromatic amines is 1. The summed E-state index contributed by atoms with van der Waals surface area (Å²) in [5.41, 5.74) is 8.44. The van der Waals surface area contributed by atoms with Crippen molar-refractivity contribution in [2.24, 2.45) is 0 Å². The van der Waals surface area contributed by atoms with E-state index >= 15 is 0 Å². The molecule has 1 fully saturated rings. The molecule has 1 aliphatic carbocycles. The second-order valence-corrected chi connectivity index (χ2v) is 5.46. The van der Waals surface area contributed by atoms with Crippen LogP contribution in [0.3, 0.4) is 0 Å². The molecule has 21 heavy (non-hydrogen) atoms. The third-order valence-corrected chi connectivity index (χ3v) is 3.70. The Kier molecular flexibility index (Phi) is 3.37. The Morgan fingerprint density at radius 1 is 1.43 bits per heavy atom. The first-order valence-corrected chi connectivity index (χ1v) is 6.90. The van der Waals surface area contributed by atoms with Crippen LogP contribution >= 0.6 is 0 Å². The summed E-state index contributed by atoms with van der Waals surface area (Å²) in [4.78, 5) is 13.9. The number of nitrogen functional groups attached to an aromatic ring is 1. The number of benzene rings is 1. The van der Waals surface area contributed by atoms with Gasteiger partial charge >= 0.3 is 0 Å². The van der Waals surface area contributed by atoms with Crippen LogP contribution in [-0.2, 0) is 6.54 Å². The molecule has 5 nitrogen and oxygen atoms in total. The Labute approximate surface area is 121 Å². The molecule has 0 atom stereocenters. The van der Waals surface area contributed by atoms with Gasteiger partial charge in [0.2, 0.25) is 0 Å². The van der Waals surface area contributed by atoms with E-state index in [1.807, 2.05) is 0 Å². The van der Waals surface area contributed by atoms with Gasteiger partial charge in [-0.1, -0.05) is 12.1 Å². The zero-order valence-corrected chi connectivity index (χ0v) is 11.8. The van der Waals surface area contributed by atoms with Crippen LogP contribution in [0, 0.1) is 5.82 Å². The van der Waals surface area contributed by atoms with Crippen LogP contribution in [0.5, 0.6) is 0 Å². The van der Waals surface area contributed by atoms with Gasteiger partial charge in [0.1, 0.15) is 5.82 Å². The van der Waals surface area contributed by atoms with E-state index in [0.29, 0.717) is 18.2 Å². The first-order valence-electron chi connectivity index (χ1n) is 6.90. The number of halogens is 1. The molecular weight excluding hydrogens is 271 g/mol. The molecule has 1 aliphatic rings. The average Bonchev–Trinajstić information content (AvgIpc) is 3.24. The van der Waals surface area contributed by atoms with E-state index in [-0.39, 0.29) is 17.4 Å². The minimum absolute atomic E-state index is 0.236. The number of aromatic nitrogens is 2. The van der Waals surface area contributed by atoms with Crippen molar-refractivity contribution in [3.05, 3.63) is 47.0 Å². The fourth-order valence-electron chi connectivity index (χ4n) is 2.33. The number of anilines is 1. The summed E-state index contributed by atoms with van der Waals surface area (Å²) in [7, 11) is 1.68. The summed E-state index contributed by atoms with van der Waals surface area (Å²) in [5.74, 6) is -0.111. The van der Waals surface area contributed by atoms with Crippen molar-refractivity contribution < 1.29 is 9.18 Å². The number of nitrogens with zero attached hydrogens (tertiary/aromatic N) is 2. The van der Waals surface area contributed by atoms with Crippen molar-refractivity contribution >= 4 is 11.6 Å². The van der Waals surface area contributed by atoms with Crippen molar-refractivity contribution in [1.29, 1.82) is 0 Å². The highest BCUT2D eigenvalue weighted by atomic mass is 19.1. The van der Waals surface area contributed by atoms with Gasteiger partial charge in [0, 0.05) is 19.5 Å². The van der Waals surface area contributed by atoms with Gasteiger partial charge in [-0.3, -0.25) is 9.89 Å². The lowest BCUT2D eigenvalue weighted by molar-refractivity contribution is 0.0780. The smallest absolute Gasteiger partial charge is 0.276 e. The third-order valence-electron chi connectivity index (χ3n) is 3.70. The molecule has 110 valence electrons. The highest BCUT2D eigenvalue weighted by Gasteiger charge is 2.31. The zero-order chi connectivity index (χ0) is 15.0. The SMILES string of the molecule is CN(Cc1ccc(F)cc1)C(=O)c1n[nH]c(C2CC2)c1N. The van der Waals surface area contributed by atoms with Crippen molar-refractivity contribution in [3.63, 3.8) is 0 Å². The topological polar surface area (TPSA) is 75.0 Å². The van der Waals surface area contributed by atoms with E-state index < -0.39 is 0 Å². The van der Waals surface area contributed by atoms with Crippen LogP contribution in [0.4, 0.5) is 10.1 Å². The molecule has 2 aromatic rings. The van der Waals surface area contributed by atoms with Gasteiger partial charge in [-0.25, -0.2) is 4.39 Å². The standard InChI is InChI=1S/C15H17FN4O/c1-20(8-9-2-6-11(16)7-3-9)15(21)14-12(17)13(18-19-14)10-4-5-10/h2-3,6-7,10H,4-5,8,17H2,1H3,(H,18,19). The van der Waals surface area contributed by atoms with Crippen LogP contribution in [0.1, 0.15) is 40.5 Å². The van der Waals surface area contributed by atoms with Crippen molar-refractivity contribution in [3.8, 4) is 0 Å². The number of hydrogen-bond donors (Lipinski definition) is 2. The molecule has 1 amide bonds. The average molecular weight is 288 g/mol. The molecule has 0 radical (unpaired) electrons. The molecule has 0 saturated heterocycles. The van der Waals surface area contributed by atoms with E-state index in [1.54, 1.807) is 19.2 Å². The van der Waals surface area contributed by atoms with Crippen molar-refractivity contribution in [1.82, 2.24) is 15.1 Å². The van der Waals surface area contributed by atoms with Gasteiger partial charge in [0.05, 0.1) is 11.4 Å². The molecule has 0 aliphatic heterocycles. The van der Waals surface area contributed by atoms with Crippen LogP contribution < -0.4 is 5.73 Å². The molecule has 1 aromatic heterocycles. The summed E-state index contributed by atoms with van der Waals surface area (Å²) in [6.07, 6.45) is 2.18. The fraction of sp³-hybridized carbons (Fsp3) is 0.333. The van der Waals surface area contributed by atoms with E-state index in [0.717, 1.165) is 24.1 Å². The first-order chi connectivity index (χ1) is 10.1. The van der Waals surface area contributed by atoms with Crippen molar-refractivity contribution in [2.45, 2.75) is 25.3 Å². The molecular formula is C15H17FN4O. The third kappa shape index (κ3) is 2.74. The molecule has 0 unspecified atom stereocenters. The molecule has 1 heterocycles.